The smallest absolute Gasteiger partial charge is 0.295 e. The molecule has 0 aromatic carbocycles. The Morgan fingerprint density at radius 2 is 1.94 bits per heavy atom. The summed E-state index contributed by atoms with van der Waals surface area (Å²) in [4.78, 5) is 36.7. The molecule has 4 rings (SSSR count). The molecule has 9 nitrogen and oxygen atoms in total. The fourth-order valence-corrected chi connectivity index (χ4v) is 4.77. The number of aromatic nitrogens is 5. The van der Waals surface area contributed by atoms with E-state index >= 15 is 0 Å². The van der Waals surface area contributed by atoms with Gasteiger partial charge in [0.2, 0.25) is 5.91 Å². The van der Waals surface area contributed by atoms with Crippen molar-refractivity contribution in [2.24, 2.45) is 5.92 Å². The van der Waals surface area contributed by atoms with Gasteiger partial charge in [-0.2, -0.15) is 5.10 Å². The van der Waals surface area contributed by atoms with Crippen LogP contribution in [0, 0.1) is 19.8 Å². The highest BCUT2D eigenvalue weighted by Gasteiger charge is 2.27. The van der Waals surface area contributed by atoms with E-state index in [0.29, 0.717) is 56.0 Å². The Morgan fingerprint density at radius 1 is 1.18 bits per heavy atom. The van der Waals surface area contributed by atoms with Crippen LogP contribution in [0.15, 0.2) is 23.1 Å². The number of hydrogen-bond acceptors (Lipinski definition) is 6. The van der Waals surface area contributed by atoms with Crippen molar-refractivity contribution in [2.75, 3.05) is 24.5 Å². The number of hydrogen-bond donors (Lipinski definition) is 1. The second-order valence-corrected chi connectivity index (χ2v) is 8.60. The van der Waals surface area contributed by atoms with Gasteiger partial charge in [-0.3, -0.25) is 18.8 Å². The van der Waals surface area contributed by atoms with Crippen LogP contribution >= 0.6 is 0 Å². The van der Waals surface area contributed by atoms with E-state index in [2.05, 4.69) is 34.2 Å². The van der Waals surface area contributed by atoms with Crippen LogP contribution in [-0.4, -0.2) is 49.9 Å². The van der Waals surface area contributed by atoms with E-state index in [9.17, 15) is 9.59 Å². The summed E-state index contributed by atoms with van der Waals surface area (Å²) in [5.74, 6) is 0.502. The normalized spacial score (nSPS) is 14.7. The van der Waals surface area contributed by atoms with E-state index in [-0.39, 0.29) is 17.4 Å². The van der Waals surface area contributed by atoms with Gasteiger partial charge in [0.25, 0.3) is 5.56 Å². The molecule has 1 N–H and O–H groups in total. The third-order valence-corrected chi connectivity index (χ3v) is 6.67. The SMILES string of the molecule is CCn1nc(C)c(CCNC(=O)C2CCN(c3nc4cccnc4n(CC)c3=O)CC2)c1C. The summed E-state index contributed by atoms with van der Waals surface area (Å²) in [5.41, 5.74) is 4.63. The number of pyridine rings is 1. The molecule has 1 saturated heterocycles. The lowest BCUT2D eigenvalue weighted by Gasteiger charge is -2.32. The Bertz CT molecular complexity index is 1210. The van der Waals surface area contributed by atoms with E-state index in [1.807, 2.05) is 35.6 Å². The molecule has 3 aromatic heterocycles. The molecule has 1 amide bonds. The number of rotatable bonds is 7. The Labute approximate surface area is 193 Å². The van der Waals surface area contributed by atoms with Crippen molar-refractivity contribution in [3.63, 3.8) is 0 Å². The first-order valence-electron chi connectivity index (χ1n) is 11.9. The first-order chi connectivity index (χ1) is 15.9. The number of carbonyl (C=O) groups excluding carboxylic acids is 1. The molecule has 0 radical (unpaired) electrons. The van der Waals surface area contributed by atoms with Gasteiger partial charge < -0.3 is 10.2 Å². The summed E-state index contributed by atoms with van der Waals surface area (Å²) < 4.78 is 3.67. The molecule has 1 fully saturated rings. The molecule has 0 spiro atoms. The largest absolute Gasteiger partial charge is 0.356 e. The lowest BCUT2D eigenvalue weighted by molar-refractivity contribution is -0.125. The maximum absolute atomic E-state index is 13.0. The average Bonchev–Trinajstić information content (AvgIpc) is 3.11. The summed E-state index contributed by atoms with van der Waals surface area (Å²) in [7, 11) is 0. The zero-order chi connectivity index (χ0) is 23.5. The van der Waals surface area contributed by atoms with Gasteiger partial charge in [-0.1, -0.05) is 0 Å². The van der Waals surface area contributed by atoms with Crippen molar-refractivity contribution in [1.82, 2.24) is 29.6 Å². The van der Waals surface area contributed by atoms with E-state index in [1.54, 1.807) is 10.8 Å². The number of piperidine rings is 1. The minimum Gasteiger partial charge on any atom is -0.356 e. The van der Waals surface area contributed by atoms with Crippen molar-refractivity contribution in [2.45, 2.75) is 60.0 Å². The molecule has 3 aromatic rings. The van der Waals surface area contributed by atoms with Gasteiger partial charge in [0.05, 0.1) is 5.69 Å². The van der Waals surface area contributed by atoms with Crippen molar-refractivity contribution in [1.29, 1.82) is 0 Å². The van der Waals surface area contributed by atoms with Crippen molar-refractivity contribution in [3.8, 4) is 0 Å². The van der Waals surface area contributed by atoms with Gasteiger partial charge in [-0.05, 0) is 64.7 Å². The van der Waals surface area contributed by atoms with Gasteiger partial charge in [0.15, 0.2) is 11.5 Å². The van der Waals surface area contributed by atoms with Crippen LogP contribution in [0.5, 0.6) is 0 Å². The van der Waals surface area contributed by atoms with Crippen LogP contribution < -0.4 is 15.8 Å². The molecule has 9 heteroatoms. The maximum atomic E-state index is 13.0. The van der Waals surface area contributed by atoms with Crippen LogP contribution in [0.3, 0.4) is 0 Å². The Morgan fingerprint density at radius 3 is 2.61 bits per heavy atom. The Kier molecular flexibility index (Phi) is 6.76. The van der Waals surface area contributed by atoms with Crippen LogP contribution in [-0.2, 0) is 24.3 Å². The predicted octanol–water partition coefficient (Wildman–Crippen LogP) is 2.22. The molecule has 0 unspecified atom stereocenters. The summed E-state index contributed by atoms with van der Waals surface area (Å²) in [5, 5.41) is 7.66. The van der Waals surface area contributed by atoms with Crippen molar-refractivity contribution >= 4 is 22.9 Å². The number of nitrogens with one attached hydrogen (secondary N) is 1. The van der Waals surface area contributed by atoms with E-state index in [4.69, 9.17) is 0 Å². The highest BCUT2D eigenvalue weighted by molar-refractivity contribution is 5.79. The van der Waals surface area contributed by atoms with Crippen molar-refractivity contribution < 1.29 is 4.79 Å². The molecule has 0 atom stereocenters. The number of aryl methyl sites for hydroxylation is 3. The lowest BCUT2D eigenvalue weighted by Crippen LogP contribution is -2.43. The van der Waals surface area contributed by atoms with Crippen LogP contribution in [0.2, 0.25) is 0 Å². The second-order valence-electron chi connectivity index (χ2n) is 8.60. The zero-order valence-electron chi connectivity index (χ0n) is 20.0. The first-order valence-corrected chi connectivity index (χ1v) is 11.9. The Hall–Kier alpha value is -3.23. The number of nitrogens with zero attached hydrogens (tertiary/aromatic N) is 6. The second kappa shape index (κ2) is 9.72. The molecular weight excluding hydrogens is 418 g/mol. The van der Waals surface area contributed by atoms with Crippen molar-refractivity contribution in [3.05, 3.63) is 45.6 Å². The number of amides is 1. The molecule has 176 valence electrons. The topological polar surface area (TPSA) is 97.9 Å². The van der Waals surface area contributed by atoms with Gasteiger partial charge in [0, 0.05) is 50.5 Å². The molecule has 0 aliphatic carbocycles. The highest BCUT2D eigenvalue weighted by atomic mass is 16.2. The average molecular weight is 452 g/mol. The monoisotopic (exact) mass is 451 g/mol. The fourth-order valence-electron chi connectivity index (χ4n) is 4.77. The van der Waals surface area contributed by atoms with E-state index in [1.165, 1.54) is 11.3 Å². The van der Waals surface area contributed by atoms with Crippen LogP contribution in [0.4, 0.5) is 5.82 Å². The van der Waals surface area contributed by atoms with Gasteiger partial charge in [0.1, 0.15) is 5.52 Å². The number of fused-ring (bicyclic) bond motifs is 1. The minimum absolute atomic E-state index is 0.0441. The zero-order valence-corrected chi connectivity index (χ0v) is 20.0. The molecule has 1 aliphatic rings. The fraction of sp³-hybridized carbons (Fsp3) is 0.542. The molecule has 0 saturated carbocycles. The molecular formula is C24H33N7O2. The lowest BCUT2D eigenvalue weighted by atomic mass is 9.96. The third-order valence-electron chi connectivity index (χ3n) is 6.67. The number of anilines is 1. The predicted molar refractivity (Wildman–Crippen MR) is 128 cm³/mol. The van der Waals surface area contributed by atoms with E-state index in [0.717, 1.165) is 18.7 Å². The van der Waals surface area contributed by atoms with Gasteiger partial charge >= 0.3 is 0 Å². The number of carbonyl (C=O) groups is 1. The summed E-state index contributed by atoms with van der Waals surface area (Å²) >= 11 is 0. The quantitative estimate of drug-likeness (QED) is 0.592. The highest BCUT2D eigenvalue weighted by Crippen LogP contribution is 2.22. The van der Waals surface area contributed by atoms with Crippen LogP contribution in [0.1, 0.15) is 43.6 Å². The molecule has 1 aliphatic heterocycles. The van der Waals surface area contributed by atoms with Crippen LogP contribution in [0.25, 0.3) is 11.2 Å². The van der Waals surface area contributed by atoms with E-state index < -0.39 is 0 Å². The Balaban J connectivity index is 1.36. The summed E-state index contributed by atoms with van der Waals surface area (Å²) in [6, 6.07) is 3.71. The standard InChI is InChI=1S/C24H33N7O2/c1-5-30-21-20(8-7-12-25-21)27-22(24(30)33)29-14-10-18(11-15-29)23(32)26-13-9-19-16(3)28-31(6-2)17(19)4/h7-8,12,18H,5-6,9-11,13-15H2,1-4H3,(H,26,32). The third kappa shape index (κ3) is 4.49. The minimum atomic E-state index is -0.120. The summed E-state index contributed by atoms with van der Waals surface area (Å²) in [6.45, 7) is 11.4. The maximum Gasteiger partial charge on any atom is 0.295 e. The molecule has 33 heavy (non-hydrogen) atoms. The molecule has 4 heterocycles. The first kappa shape index (κ1) is 22.9. The molecule has 0 bridgehead atoms. The van der Waals surface area contributed by atoms with Gasteiger partial charge in [-0.25, -0.2) is 9.97 Å². The summed E-state index contributed by atoms with van der Waals surface area (Å²) in [6.07, 6.45) is 3.87. The van der Waals surface area contributed by atoms with Gasteiger partial charge in [-0.15, -0.1) is 0 Å².